The van der Waals surface area contributed by atoms with Crippen LogP contribution in [-0.4, -0.2) is 25.7 Å². The minimum absolute atomic E-state index is 0.0247. The van der Waals surface area contributed by atoms with Gasteiger partial charge in [0, 0.05) is 24.8 Å². The van der Waals surface area contributed by atoms with Gasteiger partial charge in [0.1, 0.15) is 5.82 Å². The van der Waals surface area contributed by atoms with Crippen molar-refractivity contribution in [2.75, 3.05) is 0 Å². The quantitative estimate of drug-likeness (QED) is 0.373. The van der Waals surface area contributed by atoms with Crippen molar-refractivity contribution in [3.8, 4) is 5.69 Å². The molecule has 0 bridgehead atoms. The van der Waals surface area contributed by atoms with E-state index in [2.05, 4.69) is 33.4 Å². The number of amides is 1. The fraction of sp³-hybridized carbons (Fsp3) is 0.267. The van der Waals surface area contributed by atoms with Crippen LogP contribution in [0, 0.1) is 17.2 Å². The van der Waals surface area contributed by atoms with Crippen LogP contribution in [-0.2, 0) is 6.42 Å². The molecule has 1 saturated carbocycles. The Labute approximate surface area is 215 Å². The van der Waals surface area contributed by atoms with Crippen LogP contribution in [0.15, 0.2) is 85.1 Å². The second-order valence-corrected chi connectivity index (χ2v) is 10.2. The van der Waals surface area contributed by atoms with E-state index in [1.54, 1.807) is 42.9 Å². The molecular weight excluding hydrogens is 465 g/mol. The molecule has 3 atom stereocenters. The number of hydrogen-bond acceptors (Lipinski definition) is 4. The van der Waals surface area contributed by atoms with Crippen LogP contribution in [0.1, 0.15) is 59.4 Å². The molecule has 1 amide bonds. The van der Waals surface area contributed by atoms with Gasteiger partial charge < -0.3 is 5.32 Å². The van der Waals surface area contributed by atoms with E-state index in [0.717, 1.165) is 42.6 Å². The zero-order valence-electron chi connectivity index (χ0n) is 20.6. The van der Waals surface area contributed by atoms with Gasteiger partial charge in [-0.15, -0.1) is 0 Å². The highest BCUT2D eigenvalue weighted by Crippen LogP contribution is 2.55. The first kappa shape index (κ1) is 23.3. The second kappa shape index (κ2) is 9.39. The number of pyridine rings is 2. The average Bonchev–Trinajstić information content (AvgIpc) is 3.47. The smallest absolute Gasteiger partial charge is 0.253 e. The standard InChI is InChI=1S/C30H28FN5O/c1-30-16-22-19-34-36(26-10-8-25(31)9-11-26)28(22)15-24(30)7-6-23(30)14-27(20-4-2-12-32-17-20)35-29(37)21-5-3-13-33-18-21/h2-5,8-13,15,17-19,23,27H,6-7,14,16H2,1H3,(H,35,37)/t23-,27?,30-/m1/s1. The molecule has 1 N–H and O–H groups in total. The summed E-state index contributed by atoms with van der Waals surface area (Å²) in [6.45, 7) is 2.35. The first-order valence-corrected chi connectivity index (χ1v) is 12.7. The van der Waals surface area contributed by atoms with E-state index in [1.165, 1.54) is 23.3 Å². The summed E-state index contributed by atoms with van der Waals surface area (Å²) in [6, 6.07) is 13.8. The van der Waals surface area contributed by atoms with Crippen molar-refractivity contribution in [1.82, 2.24) is 25.1 Å². The van der Waals surface area contributed by atoms with Crippen LogP contribution >= 0.6 is 0 Å². The number of rotatable bonds is 6. The predicted octanol–water partition coefficient (Wildman–Crippen LogP) is 5.72. The number of allylic oxidation sites excluding steroid dienone is 1. The normalized spacial score (nSPS) is 21.0. The van der Waals surface area contributed by atoms with E-state index in [-0.39, 0.29) is 23.2 Å². The molecule has 0 aliphatic heterocycles. The fourth-order valence-electron chi connectivity index (χ4n) is 5.98. The van der Waals surface area contributed by atoms with Gasteiger partial charge in [0.05, 0.1) is 29.2 Å². The Kier molecular flexibility index (Phi) is 5.91. The van der Waals surface area contributed by atoms with Crippen molar-refractivity contribution in [2.24, 2.45) is 11.3 Å². The minimum atomic E-state index is -0.256. The molecule has 7 heteroatoms. The molecule has 0 radical (unpaired) electrons. The van der Waals surface area contributed by atoms with Gasteiger partial charge in [-0.05, 0) is 96.7 Å². The van der Waals surface area contributed by atoms with Crippen LogP contribution in [0.25, 0.3) is 11.8 Å². The summed E-state index contributed by atoms with van der Waals surface area (Å²) >= 11 is 0. The lowest BCUT2D eigenvalue weighted by Crippen LogP contribution is -2.35. The number of aromatic nitrogens is 4. The van der Waals surface area contributed by atoms with E-state index >= 15 is 0 Å². The number of benzene rings is 1. The Hall–Kier alpha value is -4.13. The highest BCUT2D eigenvalue weighted by molar-refractivity contribution is 5.94. The minimum Gasteiger partial charge on any atom is -0.345 e. The molecule has 186 valence electrons. The van der Waals surface area contributed by atoms with Crippen LogP contribution in [0.4, 0.5) is 4.39 Å². The van der Waals surface area contributed by atoms with Gasteiger partial charge in [0.25, 0.3) is 5.91 Å². The van der Waals surface area contributed by atoms with Crippen molar-refractivity contribution in [3.05, 3.63) is 113 Å². The summed E-state index contributed by atoms with van der Waals surface area (Å²) in [6.07, 6.45) is 14.8. The fourth-order valence-corrected chi connectivity index (χ4v) is 5.98. The Bertz CT molecular complexity index is 1450. The second-order valence-electron chi connectivity index (χ2n) is 10.2. The molecule has 1 fully saturated rings. The number of carbonyl (C=O) groups excluding carboxylic acids is 1. The maximum absolute atomic E-state index is 13.5. The Morgan fingerprint density at radius 2 is 1.89 bits per heavy atom. The lowest BCUT2D eigenvalue weighted by Gasteiger charge is -2.37. The molecule has 6 rings (SSSR count). The largest absolute Gasteiger partial charge is 0.345 e. The molecule has 6 nitrogen and oxygen atoms in total. The highest BCUT2D eigenvalue weighted by atomic mass is 19.1. The van der Waals surface area contributed by atoms with Gasteiger partial charge in [-0.25, -0.2) is 9.07 Å². The van der Waals surface area contributed by atoms with Gasteiger partial charge in [-0.3, -0.25) is 14.8 Å². The van der Waals surface area contributed by atoms with Crippen molar-refractivity contribution < 1.29 is 9.18 Å². The van der Waals surface area contributed by atoms with E-state index < -0.39 is 0 Å². The third kappa shape index (κ3) is 4.35. The summed E-state index contributed by atoms with van der Waals surface area (Å²) in [4.78, 5) is 21.5. The van der Waals surface area contributed by atoms with Gasteiger partial charge >= 0.3 is 0 Å². The molecule has 0 spiro atoms. The Morgan fingerprint density at radius 3 is 2.62 bits per heavy atom. The van der Waals surface area contributed by atoms with Crippen molar-refractivity contribution in [1.29, 1.82) is 0 Å². The molecule has 1 unspecified atom stereocenters. The highest BCUT2D eigenvalue weighted by Gasteiger charge is 2.46. The Balaban J connectivity index is 1.27. The van der Waals surface area contributed by atoms with Crippen molar-refractivity contribution >= 4 is 12.0 Å². The van der Waals surface area contributed by atoms with Gasteiger partial charge in [0.15, 0.2) is 0 Å². The molecule has 2 aliphatic rings. The maximum Gasteiger partial charge on any atom is 0.253 e. The molecule has 3 aromatic heterocycles. The van der Waals surface area contributed by atoms with E-state index in [0.29, 0.717) is 11.5 Å². The summed E-state index contributed by atoms with van der Waals surface area (Å²) in [7, 11) is 0. The van der Waals surface area contributed by atoms with Gasteiger partial charge in [-0.2, -0.15) is 5.10 Å². The number of halogens is 1. The summed E-state index contributed by atoms with van der Waals surface area (Å²) in [5, 5.41) is 7.89. The van der Waals surface area contributed by atoms with Gasteiger partial charge in [0.2, 0.25) is 0 Å². The molecule has 2 aliphatic carbocycles. The van der Waals surface area contributed by atoms with E-state index in [4.69, 9.17) is 0 Å². The third-order valence-electron chi connectivity index (χ3n) is 8.06. The summed E-state index contributed by atoms with van der Waals surface area (Å²) in [5.74, 6) is -0.0130. The zero-order chi connectivity index (χ0) is 25.4. The number of hydrogen-bond donors (Lipinski definition) is 1. The monoisotopic (exact) mass is 493 g/mol. The number of fused-ring (bicyclic) bond motifs is 2. The molecule has 3 heterocycles. The molecule has 1 aromatic carbocycles. The van der Waals surface area contributed by atoms with Crippen molar-refractivity contribution in [2.45, 2.75) is 38.6 Å². The third-order valence-corrected chi connectivity index (χ3v) is 8.06. The first-order chi connectivity index (χ1) is 18.0. The Morgan fingerprint density at radius 1 is 1.11 bits per heavy atom. The van der Waals surface area contributed by atoms with E-state index in [1.807, 2.05) is 29.2 Å². The molecule has 37 heavy (non-hydrogen) atoms. The number of carbonyl (C=O) groups is 1. The SMILES string of the molecule is C[C@]12Cc3cnn(-c4ccc(F)cc4)c3C=C1CC[C@@H]2CC(NC(=O)c1cccnc1)c1cccnc1. The van der Waals surface area contributed by atoms with Gasteiger partial charge in [-0.1, -0.05) is 18.6 Å². The van der Waals surface area contributed by atoms with Crippen LogP contribution in [0.5, 0.6) is 0 Å². The topological polar surface area (TPSA) is 72.7 Å². The van der Waals surface area contributed by atoms with Crippen LogP contribution in [0.3, 0.4) is 0 Å². The first-order valence-electron chi connectivity index (χ1n) is 12.7. The number of nitrogens with zero attached hydrogens (tertiary/aromatic N) is 4. The molecule has 4 aromatic rings. The number of nitrogens with one attached hydrogen (secondary N) is 1. The average molecular weight is 494 g/mol. The molecular formula is C30H28FN5O. The zero-order valence-corrected chi connectivity index (χ0v) is 20.6. The van der Waals surface area contributed by atoms with Crippen molar-refractivity contribution in [3.63, 3.8) is 0 Å². The molecule has 0 saturated heterocycles. The summed E-state index contributed by atoms with van der Waals surface area (Å²) in [5.41, 5.74) is 6.06. The lowest BCUT2D eigenvalue weighted by atomic mass is 9.68. The maximum atomic E-state index is 13.5. The summed E-state index contributed by atoms with van der Waals surface area (Å²) < 4.78 is 15.4. The predicted molar refractivity (Wildman–Crippen MR) is 139 cm³/mol. The van der Waals surface area contributed by atoms with Crippen LogP contribution in [0.2, 0.25) is 0 Å². The van der Waals surface area contributed by atoms with Crippen LogP contribution < -0.4 is 5.32 Å². The van der Waals surface area contributed by atoms with E-state index in [9.17, 15) is 9.18 Å². The lowest BCUT2D eigenvalue weighted by molar-refractivity contribution is 0.0923.